The lowest BCUT2D eigenvalue weighted by molar-refractivity contribution is -0.120. The molecule has 152 valence electrons. The van der Waals surface area contributed by atoms with Crippen LogP contribution < -0.4 is 10.2 Å². The Kier molecular flexibility index (Phi) is 4.84. The Hall–Kier alpha value is -3.39. The fourth-order valence-corrected chi connectivity index (χ4v) is 3.88. The van der Waals surface area contributed by atoms with E-state index in [1.807, 2.05) is 30.3 Å². The SMILES string of the molecule is O=C(Nc1cc(Cl)ccc1-n1cncn1)C1CCN(c2nc3ccccc3o2)CC1. The van der Waals surface area contributed by atoms with Gasteiger partial charge in [-0.2, -0.15) is 10.1 Å². The summed E-state index contributed by atoms with van der Waals surface area (Å²) in [4.78, 5) is 23.5. The van der Waals surface area contributed by atoms with Crippen molar-refractivity contribution in [3.8, 4) is 5.69 Å². The number of carbonyl (C=O) groups excluding carboxylic acids is 1. The van der Waals surface area contributed by atoms with Gasteiger partial charge in [0.1, 0.15) is 18.2 Å². The molecule has 1 aliphatic rings. The van der Waals surface area contributed by atoms with Crippen LogP contribution in [0.2, 0.25) is 5.02 Å². The first-order chi connectivity index (χ1) is 14.7. The van der Waals surface area contributed by atoms with Crippen molar-refractivity contribution < 1.29 is 9.21 Å². The number of piperidine rings is 1. The molecule has 0 aliphatic carbocycles. The van der Waals surface area contributed by atoms with Crippen LogP contribution >= 0.6 is 11.6 Å². The molecule has 0 saturated carbocycles. The van der Waals surface area contributed by atoms with E-state index < -0.39 is 0 Å². The van der Waals surface area contributed by atoms with Gasteiger partial charge >= 0.3 is 0 Å². The smallest absolute Gasteiger partial charge is 0.298 e. The Morgan fingerprint density at radius 2 is 2.00 bits per heavy atom. The molecule has 4 aromatic rings. The number of oxazole rings is 1. The highest BCUT2D eigenvalue weighted by Gasteiger charge is 2.28. The van der Waals surface area contributed by atoms with E-state index in [0.29, 0.717) is 48.3 Å². The van der Waals surface area contributed by atoms with Gasteiger partial charge in [0.15, 0.2) is 5.58 Å². The van der Waals surface area contributed by atoms with Crippen LogP contribution in [0.25, 0.3) is 16.8 Å². The molecule has 2 aromatic heterocycles. The zero-order chi connectivity index (χ0) is 20.5. The number of halogens is 1. The maximum absolute atomic E-state index is 12.9. The highest BCUT2D eigenvalue weighted by molar-refractivity contribution is 6.31. The van der Waals surface area contributed by atoms with E-state index in [1.54, 1.807) is 23.1 Å². The van der Waals surface area contributed by atoms with Crippen LogP contribution in [0, 0.1) is 5.92 Å². The molecular formula is C21H19ClN6O2. The molecule has 9 heteroatoms. The molecule has 0 atom stereocenters. The molecule has 1 amide bonds. The lowest BCUT2D eigenvalue weighted by atomic mass is 9.96. The van der Waals surface area contributed by atoms with Gasteiger partial charge in [-0.15, -0.1) is 0 Å². The summed E-state index contributed by atoms with van der Waals surface area (Å²) in [6.45, 7) is 1.41. The van der Waals surface area contributed by atoms with Crippen molar-refractivity contribution in [3.63, 3.8) is 0 Å². The molecule has 0 bridgehead atoms. The van der Waals surface area contributed by atoms with Gasteiger partial charge < -0.3 is 14.6 Å². The summed E-state index contributed by atoms with van der Waals surface area (Å²) in [6.07, 6.45) is 4.45. The molecule has 3 heterocycles. The van der Waals surface area contributed by atoms with Gasteiger partial charge in [0, 0.05) is 24.0 Å². The lowest BCUT2D eigenvalue weighted by Gasteiger charge is -2.30. The van der Waals surface area contributed by atoms with Crippen molar-refractivity contribution in [1.82, 2.24) is 19.7 Å². The Morgan fingerprint density at radius 3 is 2.77 bits per heavy atom. The van der Waals surface area contributed by atoms with Crippen LogP contribution in [0.15, 0.2) is 59.5 Å². The average molecular weight is 423 g/mol. The van der Waals surface area contributed by atoms with E-state index in [2.05, 4.69) is 25.3 Å². The number of hydrogen-bond acceptors (Lipinski definition) is 6. The molecule has 8 nitrogen and oxygen atoms in total. The number of carbonyl (C=O) groups is 1. The standard InChI is InChI=1S/C21H19ClN6O2/c22-15-5-6-18(28-13-23-12-24-28)17(11-15)25-20(29)14-7-9-27(10-8-14)21-26-16-3-1-2-4-19(16)30-21/h1-6,11-14H,7-10H2,(H,25,29). The first kappa shape index (κ1) is 18.6. The molecule has 1 fully saturated rings. The molecule has 0 unspecified atom stereocenters. The minimum Gasteiger partial charge on any atom is -0.423 e. The van der Waals surface area contributed by atoms with Gasteiger partial charge in [-0.3, -0.25) is 4.79 Å². The molecule has 5 rings (SSSR count). The maximum Gasteiger partial charge on any atom is 0.298 e. The number of benzene rings is 2. The predicted octanol–water partition coefficient (Wildman–Crippen LogP) is 3.92. The lowest BCUT2D eigenvalue weighted by Crippen LogP contribution is -2.38. The number of amides is 1. The number of nitrogens with one attached hydrogen (secondary N) is 1. The summed E-state index contributed by atoms with van der Waals surface area (Å²) in [5, 5.41) is 7.70. The summed E-state index contributed by atoms with van der Waals surface area (Å²) >= 11 is 6.15. The van der Waals surface area contributed by atoms with Crippen molar-refractivity contribution >= 4 is 40.3 Å². The third-order valence-electron chi connectivity index (χ3n) is 5.30. The molecule has 2 aromatic carbocycles. The van der Waals surface area contributed by atoms with Crippen LogP contribution in [0.1, 0.15) is 12.8 Å². The van der Waals surface area contributed by atoms with Gasteiger partial charge in [-0.1, -0.05) is 23.7 Å². The van der Waals surface area contributed by atoms with Crippen LogP contribution in [-0.2, 0) is 4.79 Å². The number of hydrogen-bond donors (Lipinski definition) is 1. The fraction of sp³-hybridized carbons (Fsp3) is 0.238. The average Bonchev–Trinajstić information content (AvgIpc) is 3.44. The number of aromatic nitrogens is 4. The normalized spacial score (nSPS) is 14.9. The molecular weight excluding hydrogens is 404 g/mol. The zero-order valence-electron chi connectivity index (χ0n) is 16.0. The Labute approximate surface area is 177 Å². The largest absolute Gasteiger partial charge is 0.423 e. The van der Waals surface area contributed by atoms with E-state index in [4.69, 9.17) is 16.0 Å². The Morgan fingerprint density at radius 1 is 1.17 bits per heavy atom. The van der Waals surface area contributed by atoms with Gasteiger partial charge in [-0.05, 0) is 43.2 Å². The fourth-order valence-electron chi connectivity index (χ4n) is 3.70. The summed E-state index contributed by atoms with van der Waals surface area (Å²) in [5.41, 5.74) is 2.94. The summed E-state index contributed by atoms with van der Waals surface area (Å²) < 4.78 is 7.45. The van der Waals surface area contributed by atoms with Crippen molar-refractivity contribution in [2.24, 2.45) is 5.92 Å². The van der Waals surface area contributed by atoms with E-state index >= 15 is 0 Å². The minimum absolute atomic E-state index is 0.0316. The van der Waals surface area contributed by atoms with Crippen LogP contribution in [0.3, 0.4) is 0 Å². The molecule has 0 spiro atoms. The highest BCUT2D eigenvalue weighted by Crippen LogP contribution is 2.29. The van der Waals surface area contributed by atoms with Crippen LogP contribution in [-0.4, -0.2) is 38.7 Å². The van der Waals surface area contributed by atoms with Gasteiger partial charge in [0.25, 0.3) is 6.01 Å². The second-order valence-corrected chi connectivity index (χ2v) is 7.65. The quantitative estimate of drug-likeness (QED) is 0.536. The van der Waals surface area contributed by atoms with Crippen molar-refractivity contribution in [3.05, 3.63) is 60.1 Å². The Balaban J connectivity index is 1.27. The zero-order valence-corrected chi connectivity index (χ0v) is 16.8. The first-order valence-electron chi connectivity index (χ1n) is 9.73. The summed E-state index contributed by atoms with van der Waals surface area (Å²) in [6, 6.07) is 13.6. The second-order valence-electron chi connectivity index (χ2n) is 7.22. The van der Waals surface area contributed by atoms with Gasteiger partial charge in [-0.25, -0.2) is 9.67 Å². The Bertz CT molecular complexity index is 1150. The van der Waals surface area contributed by atoms with Gasteiger partial charge in [0.05, 0.1) is 11.4 Å². The topological polar surface area (TPSA) is 89.1 Å². The molecule has 1 aliphatic heterocycles. The number of nitrogens with zero attached hydrogens (tertiary/aromatic N) is 5. The predicted molar refractivity (Wildman–Crippen MR) is 114 cm³/mol. The van der Waals surface area contributed by atoms with Crippen LogP contribution in [0.5, 0.6) is 0 Å². The minimum atomic E-state index is -0.104. The molecule has 30 heavy (non-hydrogen) atoms. The number of anilines is 2. The van der Waals surface area contributed by atoms with E-state index in [-0.39, 0.29) is 11.8 Å². The van der Waals surface area contributed by atoms with Crippen LogP contribution in [0.4, 0.5) is 11.7 Å². The highest BCUT2D eigenvalue weighted by atomic mass is 35.5. The third-order valence-corrected chi connectivity index (χ3v) is 5.54. The summed E-state index contributed by atoms with van der Waals surface area (Å²) in [7, 11) is 0. The second kappa shape index (κ2) is 7.79. The summed E-state index contributed by atoms with van der Waals surface area (Å²) in [5.74, 6) is -0.135. The van der Waals surface area contributed by atoms with E-state index in [1.165, 1.54) is 6.33 Å². The van der Waals surface area contributed by atoms with E-state index in [0.717, 1.165) is 11.1 Å². The van der Waals surface area contributed by atoms with Crippen molar-refractivity contribution in [2.75, 3.05) is 23.3 Å². The monoisotopic (exact) mass is 422 g/mol. The molecule has 1 N–H and O–H groups in total. The van der Waals surface area contributed by atoms with Crippen molar-refractivity contribution in [2.45, 2.75) is 12.8 Å². The molecule has 1 saturated heterocycles. The van der Waals surface area contributed by atoms with Crippen molar-refractivity contribution in [1.29, 1.82) is 0 Å². The third kappa shape index (κ3) is 3.61. The molecule has 0 radical (unpaired) electrons. The number of para-hydroxylation sites is 2. The maximum atomic E-state index is 12.9. The van der Waals surface area contributed by atoms with Gasteiger partial charge in [0.2, 0.25) is 5.91 Å². The first-order valence-corrected chi connectivity index (χ1v) is 10.1. The number of fused-ring (bicyclic) bond motifs is 1. The number of rotatable bonds is 4. The van der Waals surface area contributed by atoms with E-state index in [9.17, 15) is 4.79 Å².